The van der Waals surface area contributed by atoms with Gasteiger partial charge in [0.2, 0.25) is 0 Å². The maximum absolute atomic E-state index is 2.40. The highest BCUT2D eigenvalue weighted by molar-refractivity contribution is 7.83. The van der Waals surface area contributed by atoms with Crippen molar-refractivity contribution in [3.8, 4) is 0 Å². The Hall–Kier alpha value is -0.870. The first-order chi connectivity index (χ1) is 9.89. The van der Waals surface area contributed by atoms with Crippen LogP contribution in [0.15, 0.2) is 54.6 Å². The van der Waals surface area contributed by atoms with E-state index in [0.717, 1.165) is 5.92 Å². The molecule has 0 saturated carbocycles. The van der Waals surface area contributed by atoms with Gasteiger partial charge in [-0.3, -0.25) is 0 Å². The highest BCUT2D eigenvalue weighted by atomic mass is 31.2. The first kappa shape index (κ1) is 14.1. The van der Waals surface area contributed by atoms with Gasteiger partial charge in [-0.1, -0.05) is 42.5 Å². The molecule has 0 bridgehead atoms. The van der Waals surface area contributed by atoms with Crippen LogP contribution in [0.5, 0.6) is 0 Å². The number of hydrogen-bond acceptors (Lipinski definition) is 0. The van der Waals surface area contributed by atoms with Gasteiger partial charge in [0.05, 0.1) is 23.8 Å². The second-order valence-electron chi connectivity index (χ2n) is 6.29. The Bertz CT molecular complexity index is 454. The second-order valence-corrected chi connectivity index (χ2v) is 10.4. The van der Waals surface area contributed by atoms with Crippen LogP contribution in [0.3, 0.4) is 0 Å². The third kappa shape index (κ3) is 3.23. The smallest absolute Gasteiger partial charge is 0.0776 e. The van der Waals surface area contributed by atoms with Crippen LogP contribution in [-0.4, -0.2) is 18.5 Å². The van der Waals surface area contributed by atoms with Crippen LogP contribution in [0.1, 0.15) is 32.1 Å². The minimum atomic E-state index is -0.796. The lowest BCUT2D eigenvalue weighted by Crippen LogP contribution is -2.16. The molecular weight excluding hydrogens is 259 g/mol. The molecular formula is C19H26P+. The Morgan fingerprint density at radius 3 is 2.30 bits per heavy atom. The average molecular weight is 285 g/mol. The summed E-state index contributed by atoms with van der Waals surface area (Å²) in [5, 5.41) is 1.71. The van der Waals surface area contributed by atoms with Crippen molar-refractivity contribution in [2.45, 2.75) is 32.1 Å². The summed E-state index contributed by atoms with van der Waals surface area (Å²) in [6.45, 7) is 0. The van der Waals surface area contributed by atoms with Crippen LogP contribution < -0.4 is 5.30 Å². The molecule has 1 aromatic rings. The number of benzene rings is 1. The van der Waals surface area contributed by atoms with Crippen LogP contribution in [-0.2, 0) is 0 Å². The fraction of sp³-hybridized carbons (Fsp3) is 0.474. The summed E-state index contributed by atoms with van der Waals surface area (Å²) in [5.74, 6) is 0.726. The molecule has 0 atom stereocenters. The van der Waals surface area contributed by atoms with Crippen molar-refractivity contribution in [1.82, 2.24) is 0 Å². The van der Waals surface area contributed by atoms with Crippen LogP contribution in [0.2, 0.25) is 0 Å². The predicted molar refractivity (Wildman–Crippen MR) is 92.5 cm³/mol. The number of rotatable bonds is 6. The molecule has 1 aliphatic carbocycles. The molecule has 1 fully saturated rings. The van der Waals surface area contributed by atoms with Crippen molar-refractivity contribution in [2.75, 3.05) is 18.5 Å². The van der Waals surface area contributed by atoms with E-state index < -0.39 is 7.26 Å². The van der Waals surface area contributed by atoms with E-state index >= 15 is 0 Å². The monoisotopic (exact) mass is 285 g/mol. The molecule has 20 heavy (non-hydrogen) atoms. The van der Waals surface area contributed by atoms with Crippen LogP contribution >= 0.6 is 7.26 Å². The van der Waals surface area contributed by atoms with Gasteiger partial charge in [-0.2, -0.15) is 0 Å². The molecule has 2 aliphatic rings. The lowest BCUT2D eigenvalue weighted by atomic mass is 10.0. The van der Waals surface area contributed by atoms with E-state index in [2.05, 4.69) is 54.6 Å². The fourth-order valence-electron chi connectivity index (χ4n) is 3.76. The molecule has 0 aromatic heterocycles. The van der Waals surface area contributed by atoms with Crippen molar-refractivity contribution in [3.63, 3.8) is 0 Å². The summed E-state index contributed by atoms with van der Waals surface area (Å²) < 4.78 is 0. The lowest BCUT2D eigenvalue weighted by Gasteiger charge is -2.22. The number of allylic oxidation sites excluding steroid dienone is 4. The van der Waals surface area contributed by atoms with Crippen molar-refractivity contribution in [3.05, 3.63) is 54.6 Å². The minimum absolute atomic E-state index is 0.726. The molecule has 3 rings (SSSR count). The average Bonchev–Trinajstić information content (AvgIpc) is 3.17. The molecule has 1 saturated heterocycles. The maximum atomic E-state index is 2.40. The van der Waals surface area contributed by atoms with Gasteiger partial charge in [-0.25, -0.2) is 0 Å². The van der Waals surface area contributed by atoms with Gasteiger partial charge in [0, 0.05) is 7.26 Å². The highest BCUT2D eigenvalue weighted by Crippen LogP contribution is 2.63. The molecule has 0 spiro atoms. The SMILES string of the molecule is C1=CC(CCCC[P+]2(c3ccccc3)CCCC2)C=C1. The van der Waals surface area contributed by atoms with E-state index in [4.69, 9.17) is 0 Å². The lowest BCUT2D eigenvalue weighted by molar-refractivity contribution is 0.649. The van der Waals surface area contributed by atoms with Crippen LogP contribution in [0.25, 0.3) is 0 Å². The Morgan fingerprint density at radius 1 is 0.900 bits per heavy atom. The van der Waals surface area contributed by atoms with Crippen molar-refractivity contribution in [1.29, 1.82) is 0 Å². The Labute approximate surface area is 124 Å². The van der Waals surface area contributed by atoms with Gasteiger partial charge in [-0.05, 0) is 50.2 Å². The molecule has 1 heterocycles. The van der Waals surface area contributed by atoms with Crippen molar-refractivity contribution >= 4 is 12.6 Å². The van der Waals surface area contributed by atoms with E-state index in [1.165, 1.54) is 50.6 Å². The van der Waals surface area contributed by atoms with Crippen LogP contribution in [0, 0.1) is 5.92 Å². The molecule has 0 unspecified atom stereocenters. The molecule has 1 heteroatoms. The zero-order valence-corrected chi connectivity index (χ0v) is 13.3. The summed E-state index contributed by atoms with van der Waals surface area (Å²) in [6.07, 6.45) is 20.7. The molecule has 0 N–H and O–H groups in total. The summed E-state index contributed by atoms with van der Waals surface area (Å²) in [6, 6.07) is 11.4. The second kappa shape index (κ2) is 6.72. The predicted octanol–water partition coefficient (Wildman–Crippen LogP) is 5.04. The third-order valence-electron chi connectivity index (χ3n) is 4.93. The summed E-state index contributed by atoms with van der Waals surface area (Å²) in [5.41, 5.74) is 0. The first-order valence-electron chi connectivity index (χ1n) is 8.16. The first-order valence-corrected chi connectivity index (χ1v) is 10.5. The summed E-state index contributed by atoms with van der Waals surface area (Å²) in [7, 11) is -0.796. The largest absolute Gasteiger partial charge is 0.0939 e. The normalized spacial score (nSPS) is 20.8. The van der Waals surface area contributed by atoms with E-state index in [1.807, 2.05) is 0 Å². The summed E-state index contributed by atoms with van der Waals surface area (Å²) in [4.78, 5) is 0. The zero-order chi connectivity index (χ0) is 13.7. The Balaban J connectivity index is 1.55. The minimum Gasteiger partial charge on any atom is -0.0776 e. The van der Waals surface area contributed by atoms with Crippen molar-refractivity contribution < 1.29 is 0 Å². The quantitative estimate of drug-likeness (QED) is 0.507. The van der Waals surface area contributed by atoms with E-state index in [-0.39, 0.29) is 0 Å². The molecule has 106 valence electrons. The highest BCUT2D eigenvalue weighted by Gasteiger charge is 2.42. The van der Waals surface area contributed by atoms with Gasteiger partial charge < -0.3 is 0 Å². The zero-order valence-electron chi connectivity index (χ0n) is 12.4. The molecule has 0 nitrogen and oxygen atoms in total. The van der Waals surface area contributed by atoms with Crippen molar-refractivity contribution in [2.24, 2.45) is 5.92 Å². The Kier molecular flexibility index (Phi) is 4.73. The van der Waals surface area contributed by atoms with E-state index in [0.29, 0.717) is 0 Å². The Morgan fingerprint density at radius 2 is 1.60 bits per heavy atom. The number of unbranched alkanes of at least 4 members (excludes halogenated alkanes) is 1. The molecule has 0 radical (unpaired) electrons. The van der Waals surface area contributed by atoms with Gasteiger partial charge in [0.25, 0.3) is 0 Å². The number of hydrogen-bond donors (Lipinski definition) is 0. The van der Waals surface area contributed by atoms with E-state index in [9.17, 15) is 0 Å². The fourth-order valence-corrected chi connectivity index (χ4v) is 8.50. The topological polar surface area (TPSA) is 0 Å². The van der Waals surface area contributed by atoms with Gasteiger partial charge >= 0.3 is 0 Å². The van der Waals surface area contributed by atoms with E-state index in [1.54, 1.807) is 5.30 Å². The molecule has 0 amide bonds. The van der Waals surface area contributed by atoms with Gasteiger partial charge in [0.15, 0.2) is 0 Å². The third-order valence-corrected chi connectivity index (χ3v) is 9.84. The molecule has 1 aromatic carbocycles. The molecule has 1 aliphatic heterocycles. The summed E-state index contributed by atoms with van der Waals surface area (Å²) >= 11 is 0. The standard InChI is InChI=1S/C19H26P/c1-2-13-19(14-3-1)20(16-8-9-17-20)15-7-6-12-18-10-4-5-11-18/h1-5,10-11,13-14,18H,6-9,12,15-17H2/q+1. The van der Waals surface area contributed by atoms with Crippen LogP contribution in [0.4, 0.5) is 0 Å². The van der Waals surface area contributed by atoms with Gasteiger partial charge in [0.1, 0.15) is 0 Å². The maximum Gasteiger partial charge on any atom is 0.0939 e. The van der Waals surface area contributed by atoms with Gasteiger partial charge in [-0.15, -0.1) is 0 Å².